The van der Waals surface area contributed by atoms with Crippen molar-refractivity contribution in [3.8, 4) is 0 Å². The Morgan fingerprint density at radius 3 is 2.62 bits per heavy atom. The zero-order chi connectivity index (χ0) is 10.3. The first-order valence-corrected chi connectivity index (χ1v) is 5.77. The van der Waals surface area contributed by atoms with Crippen molar-refractivity contribution < 1.29 is 9.53 Å². The van der Waals surface area contributed by atoms with Crippen molar-refractivity contribution >= 4 is 17.7 Å². The van der Waals surface area contributed by atoms with Crippen LogP contribution in [-0.2, 0) is 9.53 Å². The van der Waals surface area contributed by atoms with Crippen LogP contribution in [0.4, 0.5) is 0 Å². The molecule has 0 aliphatic heterocycles. The number of ether oxygens (including phenoxy) is 1. The van der Waals surface area contributed by atoms with E-state index in [-0.39, 0.29) is 5.97 Å². The lowest BCUT2D eigenvalue weighted by atomic mass is 9.86. The first-order chi connectivity index (χ1) is 6.10. The van der Waals surface area contributed by atoms with Crippen molar-refractivity contribution in [2.45, 2.75) is 19.8 Å². The van der Waals surface area contributed by atoms with Crippen LogP contribution >= 0.6 is 11.8 Å². The highest BCUT2D eigenvalue weighted by Crippen LogP contribution is 2.24. The minimum absolute atomic E-state index is 0.198. The Morgan fingerprint density at radius 1 is 1.62 bits per heavy atom. The molecule has 0 spiro atoms. The Morgan fingerprint density at radius 2 is 2.23 bits per heavy atom. The van der Waals surface area contributed by atoms with Crippen molar-refractivity contribution in [2.24, 2.45) is 11.1 Å². The molecule has 0 aliphatic carbocycles. The van der Waals surface area contributed by atoms with E-state index in [9.17, 15) is 4.79 Å². The number of esters is 1. The lowest BCUT2D eigenvalue weighted by Gasteiger charge is -2.24. The maximum absolute atomic E-state index is 11.3. The van der Waals surface area contributed by atoms with Crippen LogP contribution in [0.25, 0.3) is 0 Å². The number of nitrogens with two attached hydrogens (primary N) is 1. The van der Waals surface area contributed by atoms with E-state index in [0.29, 0.717) is 6.54 Å². The second kappa shape index (κ2) is 6.27. The Kier molecular flexibility index (Phi) is 6.16. The zero-order valence-electron chi connectivity index (χ0n) is 8.63. The molecular formula is C9H19NO2S. The first-order valence-electron chi connectivity index (χ1n) is 4.38. The summed E-state index contributed by atoms with van der Waals surface area (Å²) in [4.78, 5) is 11.3. The van der Waals surface area contributed by atoms with Crippen LogP contribution in [0.2, 0.25) is 0 Å². The van der Waals surface area contributed by atoms with E-state index in [1.54, 1.807) is 11.8 Å². The van der Waals surface area contributed by atoms with Crippen LogP contribution in [0.3, 0.4) is 0 Å². The molecule has 0 fully saturated rings. The van der Waals surface area contributed by atoms with Gasteiger partial charge in [0.2, 0.25) is 0 Å². The van der Waals surface area contributed by atoms with Gasteiger partial charge in [0.15, 0.2) is 0 Å². The van der Waals surface area contributed by atoms with Crippen molar-refractivity contribution in [2.75, 3.05) is 25.7 Å². The summed E-state index contributed by atoms with van der Waals surface area (Å²) in [7, 11) is 1.41. The van der Waals surface area contributed by atoms with Crippen LogP contribution in [0, 0.1) is 5.41 Å². The molecule has 0 heterocycles. The lowest BCUT2D eigenvalue weighted by Crippen LogP contribution is -2.36. The normalized spacial score (nSPS) is 15.1. The number of carbonyl (C=O) groups excluding carboxylic acids is 1. The molecule has 0 amide bonds. The summed E-state index contributed by atoms with van der Waals surface area (Å²) in [5, 5.41) is 0. The average molecular weight is 205 g/mol. The average Bonchev–Trinajstić information content (AvgIpc) is 2.16. The highest BCUT2D eigenvalue weighted by Gasteiger charge is 2.31. The molecule has 0 bridgehead atoms. The van der Waals surface area contributed by atoms with Crippen LogP contribution in [-0.4, -0.2) is 31.6 Å². The maximum atomic E-state index is 11.3. The van der Waals surface area contributed by atoms with Gasteiger partial charge in [-0.15, -0.1) is 0 Å². The van der Waals surface area contributed by atoms with Gasteiger partial charge in [0.25, 0.3) is 0 Å². The van der Waals surface area contributed by atoms with Crippen molar-refractivity contribution in [3.63, 3.8) is 0 Å². The summed E-state index contributed by atoms with van der Waals surface area (Å²) < 4.78 is 4.71. The van der Waals surface area contributed by atoms with E-state index in [1.807, 2.05) is 6.92 Å². The largest absolute Gasteiger partial charge is 0.469 e. The number of thioether (sulfide) groups is 1. The third-order valence-electron chi connectivity index (χ3n) is 2.21. The molecule has 78 valence electrons. The summed E-state index contributed by atoms with van der Waals surface area (Å²) in [5.41, 5.74) is 5.06. The van der Waals surface area contributed by atoms with Crippen LogP contribution in [0.1, 0.15) is 19.8 Å². The monoisotopic (exact) mass is 205 g/mol. The third kappa shape index (κ3) is 4.00. The minimum atomic E-state index is -0.496. The summed E-state index contributed by atoms with van der Waals surface area (Å²) in [6, 6.07) is 0. The fourth-order valence-electron chi connectivity index (χ4n) is 1.14. The second-order valence-corrected chi connectivity index (χ2v) is 4.34. The predicted octanol–water partition coefficient (Wildman–Crippen LogP) is 1.27. The molecule has 0 aliphatic rings. The van der Waals surface area contributed by atoms with Gasteiger partial charge in [0, 0.05) is 6.54 Å². The molecule has 1 unspecified atom stereocenters. The van der Waals surface area contributed by atoms with Gasteiger partial charge in [-0.05, 0) is 31.8 Å². The summed E-state index contributed by atoms with van der Waals surface area (Å²) in [6.07, 6.45) is 3.86. The number of carbonyl (C=O) groups is 1. The van der Waals surface area contributed by atoms with Gasteiger partial charge >= 0.3 is 5.97 Å². The first kappa shape index (κ1) is 12.8. The summed E-state index contributed by atoms with van der Waals surface area (Å²) in [5.74, 6) is 0.864. The van der Waals surface area contributed by atoms with Gasteiger partial charge in [0.1, 0.15) is 0 Å². The van der Waals surface area contributed by atoms with Gasteiger partial charge in [-0.2, -0.15) is 11.8 Å². The van der Waals surface area contributed by atoms with Gasteiger partial charge in [-0.3, -0.25) is 4.79 Å². The third-order valence-corrected chi connectivity index (χ3v) is 2.90. The van der Waals surface area contributed by atoms with Crippen molar-refractivity contribution in [3.05, 3.63) is 0 Å². The molecular weight excluding hydrogens is 186 g/mol. The molecule has 4 heteroatoms. The lowest BCUT2D eigenvalue weighted by molar-refractivity contribution is -0.151. The molecule has 0 aromatic carbocycles. The van der Waals surface area contributed by atoms with Crippen LogP contribution < -0.4 is 5.73 Å². The van der Waals surface area contributed by atoms with E-state index in [2.05, 4.69) is 6.26 Å². The fourth-order valence-corrected chi connectivity index (χ4v) is 1.57. The summed E-state index contributed by atoms with van der Waals surface area (Å²) >= 11 is 1.78. The van der Waals surface area contributed by atoms with E-state index in [4.69, 9.17) is 10.5 Å². The highest BCUT2D eigenvalue weighted by molar-refractivity contribution is 7.98. The smallest absolute Gasteiger partial charge is 0.312 e. The molecule has 0 aromatic rings. The van der Waals surface area contributed by atoms with Crippen molar-refractivity contribution in [1.29, 1.82) is 0 Å². The summed E-state index contributed by atoms with van der Waals surface area (Å²) in [6.45, 7) is 2.22. The molecule has 0 radical (unpaired) electrons. The molecule has 0 saturated heterocycles. The Hall–Kier alpha value is -0.220. The van der Waals surface area contributed by atoms with E-state index >= 15 is 0 Å². The van der Waals surface area contributed by atoms with Crippen LogP contribution in [0.15, 0.2) is 0 Å². The Bertz CT molecular complexity index is 164. The zero-order valence-corrected chi connectivity index (χ0v) is 9.45. The van der Waals surface area contributed by atoms with Crippen molar-refractivity contribution in [1.82, 2.24) is 0 Å². The van der Waals surface area contributed by atoms with Gasteiger partial charge in [0.05, 0.1) is 12.5 Å². The Labute approximate surface area is 84.4 Å². The van der Waals surface area contributed by atoms with E-state index < -0.39 is 5.41 Å². The molecule has 1 atom stereocenters. The number of hydrogen-bond donors (Lipinski definition) is 1. The standard InChI is InChI=1S/C9H19NO2S/c1-9(7-10,8(11)12-2)5-4-6-13-3/h4-7,10H2,1-3H3. The number of hydrogen-bond acceptors (Lipinski definition) is 4. The molecule has 2 N–H and O–H groups in total. The van der Waals surface area contributed by atoms with E-state index in [1.165, 1.54) is 7.11 Å². The molecule has 0 rings (SSSR count). The molecule has 0 saturated carbocycles. The molecule has 0 aromatic heterocycles. The topological polar surface area (TPSA) is 52.3 Å². The SMILES string of the molecule is COC(=O)C(C)(CN)CCCSC. The molecule has 13 heavy (non-hydrogen) atoms. The highest BCUT2D eigenvalue weighted by atomic mass is 32.2. The second-order valence-electron chi connectivity index (χ2n) is 3.35. The number of rotatable bonds is 6. The van der Waals surface area contributed by atoms with Gasteiger partial charge in [-0.25, -0.2) is 0 Å². The minimum Gasteiger partial charge on any atom is -0.469 e. The molecule has 3 nitrogen and oxygen atoms in total. The van der Waals surface area contributed by atoms with E-state index in [0.717, 1.165) is 18.6 Å². The van der Waals surface area contributed by atoms with Crippen LogP contribution in [0.5, 0.6) is 0 Å². The predicted molar refractivity (Wildman–Crippen MR) is 56.8 cm³/mol. The maximum Gasteiger partial charge on any atom is 0.312 e. The Balaban J connectivity index is 4.03. The van der Waals surface area contributed by atoms with Gasteiger partial charge in [-0.1, -0.05) is 0 Å². The number of methoxy groups -OCH3 is 1. The van der Waals surface area contributed by atoms with Gasteiger partial charge < -0.3 is 10.5 Å². The quantitative estimate of drug-likeness (QED) is 0.524. The fraction of sp³-hybridized carbons (Fsp3) is 0.889.